The maximum atomic E-state index is 2.50. The number of anilines is 4. The van der Waals surface area contributed by atoms with E-state index in [9.17, 15) is 0 Å². The van der Waals surface area contributed by atoms with Gasteiger partial charge in [0.05, 0.1) is 5.41 Å². The highest BCUT2D eigenvalue weighted by Gasteiger charge is 2.52. The van der Waals surface area contributed by atoms with E-state index in [4.69, 9.17) is 0 Å². The molecule has 10 rings (SSSR count). The first-order valence-electron chi connectivity index (χ1n) is 19.5. The average molecular weight is 707 g/mol. The van der Waals surface area contributed by atoms with Crippen LogP contribution in [0.25, 0.3) is 44.5 Å². The van der Waals surface area contributed by atoms with Gasteiger partial charge in [-0.3, -0.25) is 0 Å². The molecule has 0 atom stereocenters. The Morgan fingerprint density at radius 1 is 0.327 bits per heavy atom. The van der Waals surface area contributed by atoms with Gasteiger partial charge in [-0.1, -0.05) is 158 Å². The average Bonchev–Trinajstić information content (AvgIpc) is 3.72. The summed E-state index contributed by atoms with van der Waals surface area (Å²) in [4.78, 5) is 4.97. The first kappa shape index (κ1) is 33.0. The zero-order valence-corrected chi connectivity index (χ0v) is 31.3. The highest BCUT2D eigenvalue weighted by atomic mass is 15.1. The predicted octanol–water partition coefficient (Wildman–Crippen LogP) is 13.7. The molecule has 55 heavy (non-hydrogen) atoms. The van der Waals surface area contributed by atoms with Crippen molar-refractivity contribution in [3.05, 3.63) is 216 Å². The van der Waals surface area contributed by atoms with E-state index in [0.717, 1.165) is 13.1 Å². The minimum Gasteiger partial charge on any atom is -0.341 e. The second-order valence-corrected chi connectivity index (χ2v) is 14.6. The maximum Gasteiger partial charge on any atom is 0.0727 e. The minimum atomic E-state index is -0.472. The predicted molar refractivity (Wildman–Crippen MR) is 232 cm³/mol. The van der Waals surface area contributed by atoms with Crippen molar-refractivity contribution in [1.29, 1.82) is 0 Å². The molecule has 264 valence electrons. The van der Waals surface area contributed by atoms with E-state index < -0.39 is 5.41 Å². The fraction of sp³-hybridized carbons (Fsp3) is 0.0943. The second kappa shape index (κ2) is 13.3. The molecule has 0 aromatic heterocycles. The number of benzene rings is 8. The molecule has 8 aromatic carbocycles. The molecule has 0 fully saturated rings. The molecule has 0 radical (unpaired) electrons. The van der Waals surface area contributed by atoms with Crippen LogP contribution in [0.4, 0.5) is 22.7 Å². The van der Waals surface area contributed by atoms with Gasteiger partial charge in [-0.2, -0.15) is 0 Å². The molecule has 2 aliphatic rings. The topological polar surface area (TPSA) is 6.48 Å². The molecular weight excluding hydrogens is 665 g/mol. The molecule has 8 aromatic rings. The lowest BCUT2D eigenvalue weighted by atomic mass is 9.70. The zero-order valence-electron chi connectivity index (χ0n) is 31.3. The smallest absolute Gasteiger partial charge is 0.0727 e. The summed E-state index contributed by atoms with van der Waals surface area (Å²) in [6, 6.07) is 71.8. The van der Waals surface area contributed by atoms with Crippen LogP contribution in [-0.2, 0) is 5.41 Å². The highest BCUT2D eigenvalue weighted by molar-refractivity contribution is 5.97. The Labute approximate surface area is 324 Å². The molecule has 0 heterocycles. The normalized spacial score (nSPS) is 12.8. The van der Waals surface area contributed by atoms with Crippen LogP contribution in [0.15, 0.2) is 194 Å². The van der Waals surface area contributed by atoms with Gasteiger partial charge in [0.1, 0.15) is 0 Å². The van der Waals surface area contributed by atoms with Crippen molar-refractivity contribution in [1.82, 2.24) is 0 Å². The van der Waals surface area contributed by atoms with Crippen molar-refractivity contribution in [2.24, 2.45) is 0 Å². The molecule has 0 bridgehead atoms. The van der Waals surface area contributed by atoms with Crippen LogP contribution >= 0.6 is 0 Å². The first-order chi connectivity index (χ1) is 27.2. The minimum absolute atomic E-state index is 0.472. The van der Waals surface area contributed by atoms with E-state index in [2.05, 4.69) is 218 Å². The van der Waals surface area contributed by atoms with Crippen molar-refractivity contribution in [2.45, 2.75) is 19.3 Å². The fourth-order valence-corrected chi connectivity index (χ4v) is 9.58. The summed E-state index contributed by atoms with van der Waals surface area (Å²) in [5.41, 5.74) is 19.9. The third kappa shape index (κ3) is 5.02. The third-order valence-corrected chi connectivity index (χ3v) is 11.9. The first-order valence-corrected chi connectivity index (χ1v) is 19.5. The molecular formula is C53H42N2. The quantitative estimate of drug-likeness (QED) is 0.155. The number of nitrogens with zero attached hydrogens (tertiary/aromatic N) is 2. The summed E-state index contributed by atoms with van der Waals surface area (Å²) in [5, 5.41) is 0. The number of para-hydroxylation sites is 2. The number of fused-ring (bicyclic) bond motifs is 10. The van der Waals surface area contributed by atoms with Crippen LogP contribution in [0.5, 0.6) is 0 Å². The van der Waals surface area contributed by atoms with E-state index in [1.807, 2.05) is 0 Å². The Morgan fingerprint density at radius 2 is 0.673 bits per heavy atom. The van der Waals surface area contributed by atoms with E-state index in [0.29, 0.717) is 0 Å². The standard InChI is InChI=1S/C53H42N2/c1-3-54(51-29-17-13-23-41(51)37-19-7-5-8-20-37)39-31-33-45-46-34-32-40(55(4-2)52-30-18-14-24-42(52)38-21-9-6-10-22-38)36-50(46)53(49(45)35-39)47-27-15-11-25-43(47)44-26-12-16-28-48(44)53/h5-36H,3-4H2,1-2H3. The van der Waals surface area contributed by atoms with Crippen molar-refractivity contribution < 1.29 is 0 Å². The molecule has 2 heteroatoms. The van der Waals surface area contributed by atoms with Crippen molar-refractivity contribution in [3.8, 4) is 44.5 Å². The van der Waals surface area contributed by atoms with Gasteiger partial charge in [-0.25, -0.2) is 0 Å². The van der Waals surface area contributed by atoms with Crippen molar-refractivity contribution >= 4 is 22.7 Å². The maximum absolute atomic E-state index is 2.50. The Morgan fingerprint density at radius 3 is 1.09 bits per heavy atom. The number of hydrogen-bond acceptors (Lipinski definition) is 2. The van der Waals surface area contributed by atoms with Crippen molar-refractivity contribution in [2.75, 3.05) is 22.9 Å². The van der Waals surface area contributed by atoms with Gasteiger partial charge in [-0.15, -0.1) is 0 Å². The molecule has 0 saturated heterocycles. The molecule has 2 nitrogen and oxygen atoms in total. The van der Waals surface area contributed by atoms with Gasteiger partial charge >= 0.3 is 0 Å². The summed E-state index contributed by atoms with van der Waals surface area (Å²) in [7, 11) is 0. The van der Waals surface area contributed by atoms with Gasteiger partial charge in [0.15, 0.2) is 0 Å². The zero-order chi connectivity index (χ0) is 36.9. The second-order valence-electron chi connectivity index (χ2n) is 14.6. The summed E-state index contributed by atoms with van der Waals surface area (Å²) < 4.78 is 0. The van der Waals surface area contributed by atoms with Crippen LogP contribution < -0.4 is 9.80 Å². The molecule has 0 N–H and O–H groups in total. The lowest BCUT2D eigenvalue weighted by Crippen LogP contribution is -2.27. The lowest BCUT2D eigenvalue weighted by molar-refractivity contribution is 0.792. The summed E-state index contributed by atoms with van der Waals surface area (Å²) in [6.07, 6.45) is 0. The van der Waals surface area contributed by atoms with Crippen LogP contribution in [0.2, 0.25) is 0 Å². The van der Waals surface area contributed by atoms with Gasteiger partial charge in [0, 0.05) is 47.0 Å². The Bertz CT molecular complexity index is 2510. The van der Waals surface area contributed by atoms with Gasteiger partial charge in [0.25, 0.3) is 0 Å². The molecule has 0 aliphatic heterocycles. The van der Waals surface area contributed by atoms with E-state index in [1.165, 1.54) is 89.5 Å². The third-order valence-electron chi connectivity index (χ3n) is 11.9. The van der Waals surface area contributed by atoms with Crippen LogP contribution in [0.3, 0.4) is 0 Å². The SMILES string of the molecule is CCN(c1ccc2c(c1)C1(c3ccccc3-c3ccccc31)c1cc(N(CC)c3ccccc3-c3ccccc3)ccc1-2)c1ccccc1-c1ccccc1. The summed E-state index contributed by atoms with van der Waals surface area (Å²) in [5.74, 6) is 0. The summed E-state index contributed by atoms with van der Waals surface area (Å²) >= 11 is 0. The van der Waals surface area contributed by atoms with Gasteiger partial charge in [0.2, 0.25) is 0 Å². The van der Waals surface area contributed by atoms with Crippen LogP contribution in [-0.4, -0.2) is 13.1 Å². The Hall–Kier alpha value is -6.64. The van der Waals surface area contributed by atoms with Crippen molar-refractivity contribution in [3.63, 3.8) is 0 Å². The molecule has 0 saturated carbocycles. The molecule has 1 spiro atoms. The Kier molecular flexibility index (Phi) is 7.99. The Balaban J connectivity index is 1.20. The summed E-state index contributed by atoms with van der Waals surface area (Å²) in [6.45, 7) is 6.20. The van der Waals surface area contributed by atoms with Crippen LogP contribution in [0.1, 0.15) is 36.1 Å². The van der Waals surface area contributed by atoms with Gasteiger partial charge < -0.3 is 9.80 Å². The van der Waals surface area contributed by atoms with E-state index in [1.54, 1.807) is 0 Å². The largest absolute Gasteiger partial charge is 0.341 e. The van der Waals surface area contributed by atoms with E-state index in [-0.39, 0.29) is 0 Å². The van der Waals surface area contributed by atoms with Gasteiger partial charge in [-0.05, 0) is 106 Å². The number of hydrogen-bond donors (Lipinski definition) is 0. The molecule has 0 unspecified atom stereocenters. The molecule has 2 aliphatic carbocycles. The monoisotopic (exact) mass is 706 g/mol. The highest BCUT2D eigenvalue weighted by Crippen LogP contribution is 2.63. The fourth-order valence-electron chi connectivity index (χ4n) is 9.58. The number of rotatable bonds is 8. The molecule has 0 amide bonds. The lowest BCUT2D eigenvalue weighted by Gasteiger charge is -2.33. The van der Waals surface area contributed by atoms with E-state index >= 15 is 0 Å². The van der Waals surface area contributed by atoms with Crippen LogP contribution in [0, 0.1) is 0 Å².